The molecule has 0 bridgehead atoms. The molecule has 0 saturated carbocycles. The highest BCUT2D eigenvalue weighted by Gasteiger charge is 2.28. The minimum atomic E-state index is -4.14. The van der Waals surface area contributed by atoms with Gasteiger partial charge in [0.15, 0.2) is 0 Å². The quantitative estimate of drug-likeness (QED) is 0.458. The predicted octanol–water partition coefficient (Wildman–Crippen LogP) is 4.14. The average molecular weight is 546 g/mol. The smallest absolute Gasteiger partial charge is 0.264 e. The Morgan fingerprint density at radius 2 is 1.41 bits per heavy atom. The van der Waals surface area contributed by atoms with Crippen LogP contribution in [0, 0.1) is 12.7 Å². The van der Waals surface area contributed by atoms with E-state index in [2.05, 4.69) is 5.32 Å². The number of nitrogens with zero attached hydrogens (tertiary/aromatic N) is 2. The number of anilines is 2. The summed E-state index contributed by atoms with van der Waals surface area (Å²) >= 11 is 0. The third-order valence-corrected chi connectivity index (χ3v) is 9.80. The topological polar surface area (TPSA) is 104 Å². The summed E-state index contributed by atoms with van der Waals surface area (Å²) in [6.07, 6.45) is 2.65. The zero-order valence-electron chi connectivity index (χ0n) is 20.3. The molecule has 0 atom stereocenters. The lowest BCUT2D eigenvalue weighted by molar-refractivity contribution is -0.114. The molecular weight excluding hydrogens is 517 g/mol. The van der Waals surface area contributed by atoms with Gasteiger partial charge >= 0.3 is 0 Å². The summed E-state index contributed by atoms with van der Waals surface area (Å²) in [5.41, 5.74) is 1.31. The highest BCUT2D eigenvalue weighted by atomic mass is 32.2. The standard InChI is InChI=1S/C26H28FN3O5S2/c1-20-5-13-25(14-6-20)37(34,35)30(23-11-7-21(27)8-12-23)19-26(31)28-22-9-15-24(16-10-22)36(32,33)29-17-3-2-4-18-29/h5-16H,2-4,17-19H2,1H3,(H,28,31). The number of carbonyl (C=O) groups excluding carboxylic acids is 1. The number of hydrogen-bond donors (Lipinski definition) is 1. The van der Waals surface area contributed by atoms with Gasteiger partial charge in [-0.2, -0.15) is 4.31 Å². The van der Waals surface area contributed by atoms with Crippen LogP contribution in [-0.4, -0.2) is 46.7 Å². The number of nitrogens with one attached hydrogen (secondary N) is 1. The second kappa shape index (κ2) is 11.0. The largest absolute Gasteiger partial charge is 0.325 e. The van der Waals surface area contributed by atoms with E-state index in [1.165, 1.54) is 52.8 Å². The molecule has 0 unspecified atom stereocenters. The maximum atomic E-state index is 13.5. The van der Waals surface area contributed by atoms with Gasteiger partial charge in [0.1, 0.15) is 12.4 Å². The van der Waals surface area contributed by atoms with Crippen LogP contribution in [0.25, 0.3) is 0 Å². The van der Waals surface area contributed by atoms with Crippen molar-refractivity contribution in [3.05, 3.63) is 84.2 Å². The maximum Gasteiger partial charge on any atom is 0.264 e. The molecule has 3 aromatic carbocycles. The SMILES string of the molecule is Cc1ccc(S(=O)(=O)N(CC(=O)Nc2ccc(S(=O)(=O)N3CCCCC3)cc2)c2ccc(F)cc2)cc1. The van der Waals surface area contributed by atoms with Crippen LogP contribution in [0.4, 0.5) is 15.8 Å². The van der Waals surface area contributed by atoms with Crippen LogP contribution >= 0.6 is 0 Å². The van der Waals surface area contributed by atoms with Crippen molar-refractivity contribution < 1.29 is 26.0 Å². The Hall–Kier alpha value is -3.28. The van der Waals surface area contributed by atoms with Gasteiger partial charge in [-0.1, -0.05) is 24.1 Å². The molecule has 8 nitrogen and oxygen atoms in total. The van der Waals surface area contributed by atoms with Crippen LogP contribution in [0.2, 0.25) is 0 Å². The highest BCUT2D eigenvalue weighted by Crippen LogP contribution is 2.25. The van der Waals surface area contributed by atoms with Crippen molar-refractivity contribution in [3.8, 4) is 0 Å². The number of rotatable bonds is 8. The van der Waals surface area contributed by atoms with Crippen molar-refractivity contribution >= 4 is 37.3 Å². The van der Waals surface area contributed by atoms with Crippen molar-refractivity contribution in [1.82, 2.24) is 4.31 Å². The number of sulfonamides is 2. The first kappa shape index (κ1) is 26.8. The molecule has 1 fully saturated rings. The molecule has 1 aliphatic heterocycles. The molecule has 196 valence electrons. The van der Waals surface area contributed by atoms with E-state index >= 15 is 0 Å². The monoisotopic (exact) mass is 545 g/mol. The van der Waals surface area contributed by atoms with E-state index in [0.717, 1.165) is 41.3 Å². The molecule has 1 heterocycles. The van der Waals surface area contributed by atoms with E-state index in [-0.39, 0.29) is 15.5 Å². The van der Waals surface area contributed by atoms with Crippen LogP contribution < -0.4 is 9.62 Å². The lowest BCUT2D eigenvalue weighted by atomic mass is 10.2. The zero-order chi connectivity index (χ0) is 26.6. The van der Waals surface area contributed by atoms with Crippen LogP contribution in [-0.2, 0) is 24.8 Å². The predicted molar refractivity (Wildman–Crippen MR) is 140 cm³/mol. The second-order valence-electron chi connectivity index (χ2n) is 8.84. The van der Waals surface area contributed by atoms with Gasteiger partial charge in [0, 0.05) is 18.8 Å². The van der Waals surface area contributed by atoms with Gasteiger partial charge in [-0.05, 0) is 80.4 Å². The lowest BCUT2D eigenvalue weighted by Gasteiger charge is -2.26. The summed E-state index contributed by atoms with van der Waals surface area (Å²) in [5, 5.41) is 2.62. The second-order valence-corrected chi connectivity index (χ2v) is 12.6. The van der Waals surface area contributed by atoms with E-state index in [1.807, 2.05) is 6.92 Å². The summed E-state index contributed by atoms with van der Waals surface area (Å²) in [5.74, 6) is -1.19. The first-order valence-corrected chi connectivity index (χ1v) is 14.7. The average Bonchev–Trinajstić information content (AvgIpc) is 2.89. The molecule has 1 N–H and O–H groups in total. The summed E-state index contributed by atoms with van der Waals surface area (Å²) < 4.78 is 68.4. The Bertz CT molecular complexity index is 1450. The molecule has 0 spiro atoms. The molecule has 1 aliphatic rings. The van der Waals surface area contributed by atoms with Crippen molar-refractivity contribution in [3.63, 3.8) is 0 Å². The van der Waals surface area contributed by atoms with Crippen LogP contribution in [0.15, 0.2) is 82.6 Å². The molecule has 11 heteroatoms. The fourth-order valence-corrected chi connectivity index (χ4v) is 6.99. The molecule has 1 saturated heterocycles. The van der Waals surface area contributed by atoms with Gasteiger partial charge < -0.3 is 5.32 Å². The summed E-state index contributed by atoms with van der Waals surface area (Å²) in [7, 11) is -7.76. The molecule has 0 aromatic heterocycles. The number of benzene rings is 3. The highest BCUT2D eigenvalue weighted by molar-refractivity contribution is 7.92. The Morgan fingerprint density at radius 1 is 0.838 bits per heavy atom. The van der Waals surface area contributed by atoms with Crippen molar-refractivity contribution in [2.45, 2.75) is 36.0 Å². The first-order chi connectivity index (χ1) is 17.6. The van der Waals surface area contributed by atoms with E-state index in [0.29, 0.717) is 18.8 Å². The normalized spacial score (nSPS) is 14.8. The first-order valence-electron chi connectivity index (χ1n) is 11.8. The molecule has 4 rings (SSSR count). The Labute approximate surface area is 216 Å². The Balaban J connectivity index is 1.53. The minimum Gasteiger partial charge on any atom is -0.325 e. The van der Waals surface area contributed by atoms with Gasteiger partial charge in [0.05, 0.1) is 15.5 Å². The van der Waals surface area contributed by atoms with E-state index in [1.54, 1.807) is 12.1 Å². The number of piperidine rings is 1. The van der Waals surface area contributed by atoms with Crippen LogP contribution in [0.5, 0.6) is 0 Å². The molecular formula is C26H28FN3O5S2. The van der Waals surface area contributed by atoms with Gasteiger partial charge in [0.25, 0.3) is 10.0 Å². The maximum absolute atomic E-state index is 13.5. The third-order valence-electron chi connectivity index (χ3n) is 6.10. The summed E-state index contributed by atoms with van der Waals surface area (Å²) in [6, 6.07) is 16.8. The Morgan fingerprint density at radius 3 is 2.00 bits per heavy atom. The molecule has 3 aromatic rings. The fraction of sp³-hybridized carbons (Fsp3) is 0.269. The zero-order valence-corrected chi connectivity index (χ0v) is 21.9. The van der Waals surface area contributed by atoms with Gasteiger partial charge in [0.2, 0.25) is 15.9 Å². The third kappa shape index (κ3) is 6.17. The lowest BCUT2D eigenvalue weighted by Crippen LogP contribution is -2.38. The van der Waals surface area contributed by atoms with Gasteiger partial charge in [-0.15, -0.1) is 0 Å². The molecule has 1 amide bonds. The number of hydrogen-bond acceptors (Lipinski definition) is 5. The number of carbonyl (C=O) groups is 1. The summed E-state index contributed by atoms with van der Waals surface area (Å²) in [6.45, 7) is 2.21. The fourth-order valence-electron chi connectivity index (χ4n) is 4.06. The van der Waals surface area contributed by atoms with Gasteiger partial charge in [-0.3, -0.25) is 9.10 Å². The number of amides is 1. The number of aryl methyl sites for hydroxylation is 1. The van der Waals surface area contributed by atoms with Crippen LogP contribution in [0.1, 0.15) is 24.8 Å². The van der Waals surface area contributed by atoms with Crippen LogP contribution in [0.3, 0.4) is 0 Å². The summed E-state index contributed by atoms with van der Waals surface area (Å²) in [4.78, 5) is 13.0. The van der Waals surface area contributed by atoms with E-state index in [9.17, 15) is 26.0 Å². The van der Waals surface area contributed by atoms with Gasteiger partial charge in [-0.25, -0.2) is 21.2 Å². The number of halogens is 1. The van der Waals surface area contributed by atoms with Crippen molar-refractivity contribution in [1.29, 1.82) is 0 Å². The van der Waals surface area contributed by atoms with Crippen molar-refractivity contribution in [2.24, 2.45) is 0 Å². The molecule has 0 aliphatic carbocycles. The molecule has 37 heavy (non-hydrogen) atoms. The van der Waals surface area contributed by atoms with E-state index in [4.69, 9.17) is 0 Å². The van der Waals surface area contributed by atoms with Crippen molar-refractivity contribution in [2.75, 3.05) is 29.3 Å². The van der Waals surface area contributed by atoms with E-state index < -0.39 is 38.3 Å². The molecule has 0 radical (unpaired) electrons. The minimum absolute atomic E-state index is 0.0116. The Kier molecular flexibility index (Phi) is 7.96.